The van der Waals surface area contributed by atoms with Crippen LogP contribution in [0.25, 0.3) is 22.5 Å². The number of rotatable bonds is 18. The molecule has 0 spiro atoms. The first-order valence-corrected chi connectivity index (χ1v) is 17.4. The fraction of sp³-hybridized carbons (Fsp3) is 0.417. The molecule has 1 N–H and O–H groups in total. The van der Waals surface area contributed by atoms with E-state index in [1.165, 1.54) is 6.92 Å². The predicted octanol–water partition coefficient (Wildman–Crippen LogP) is 5.30. The van der Waals surface area contributed by atoms with Crippen LogP contribution in [0.2, 0.25) is 0 Å². The lowest BCUT2D eigenvalue weighted by molar-refractivity contribution is -0.757. The summed E-state index contributed by atoms with van der Waals surface area (Å²) in [4.78, 5) is 57.5. The van der Waals surface area contributed by atoms with Crippen molar-refractivity contribution in [1.82, 2.24) is 29.8 Å². The van der Waals surface area contributed by atoms with E-state index in [-0.39, 0.29) is 55.1 Å². The molecule has 0 aliphatic heterocycles. The average molecular weight is 764 g/mol. The van der Waals surface area contributed by atoms with Crippen LogP contribution in [0.1, 0.15) is 92.3 Å². The van der Waals surface area contributed by atoms with Gasteiger partial charge in [0.05, 0.1) is 13.2 Å². The summed E-state index contributed by atoms with van der Waals surface area (Å²) in [6.07, 6.45) is 0.0137. The van der Waals surface area contributed by atoms with Crippen molar-refractivity contribution < 1.29 is 47.7 Å². The zero-order valence-corrected chi connectivity index (χ0v) is 30.9. The van der Waals surface area contributed by atoms with Crippen LogP contribution in [-0.2, 0) is 44.2 Å². The van der Waals surface area contributed by atoms with Crippen LogP contribution in [0.3, 0.4) is 0 Å². The van der Waals surface area contributed by atoms with Crippen LogP contribution < -0.4 is 5.82 Å². The highest BCUT2D eigenvalue weighted by molar-refractivity contribution is 5.89. The molecule has 292 valence electrons. The zero-order chi connectivity index (χ0) is 39.7. The molecule has 19 heteroatoms. The third-order valence-corrected chi connectivity index (χ3v) is 8.21. The first kappa shape index (κ1) is 39.8. The highest BCUT2D eigenvalue weighted by Crippen LogP contribution is 2.31. The van der Waals surface area contributed by atoms with Gasteiger partial charge in [0.25, 0.3) is 5.09 Å². The third kappa shape index (κ3) is 10.2. The Labute approximate surface area is 313 Å². The van der Waals surface area contributed by atoms with Gasteiger partial charge < -0.3 is 37.6 Å². The second-order valence-electron chi connectivity index (χ2n) is 12.9. The summed E-state index contributed by atoms with van der Waals surface area (Å²) < 4.78 is 27.4. The molecule has 3 heterocycles. The Bertz CT molecular complexity index is 2160. The van der Waals surface area contributed by atoms with Gasteiger partial charge in [-0.05, 0) is 68.9 Å². The molecule has 0 amide bonds. The van der Waals surface area contributed by atoms with Gasteiger partial charge in [0.1, 0.15) is 17.1 Å². The maximum Gasteiger partial charge on any atom is 0.519 e. The maximum absolute atomic E-state index is 13.6. The molecule has 0 aliphatic rings. The molecule has 5 rings (SSSR count). The molecule has 0 fully saturated rings. The topological polar surface area (TPSA) is 239 Å². The van der Waals surface area contributed by atoms with Gasteiger partial charge in [0.2, 0.25) is 12.1 Å². The highest BCUT2D eigenvalue weighted by atomic mass is 16.9. The number of unbranched alkanes of at least 4 members (excludes halogenated alkanes) is 1. The average Bonchev–Trinajstić information content (AvgIpc) is 3.86. The molecule has 2 aromatic carbocycles. The summed E-state index contributed by atoms with van der Waals surface area (Å²) in [5.74, 6) is -0.514. The fourth-order valence-corrected chi connectivity index (χ4v) is 5.53. The molecule has 5 aromatic rings. The van der Waals surface area contributed by atoms with Crippen molar-refractivity contribution >= 4 is 12.1 Å². The number of ether oxygens (including phenoxy) is 3. The van der Waals surface area contributed by atoms with E-state index in [0.29, 0.717) is 30.7 Å². The summed E-state index contributed by atoms with van der Waals surface area (Å²) >= 11 is 0. The van der Waals surface area contributed by atoms with Gasteiger partial charge in [0, 0.05) is 18.5 Å². The number of imidazole rings is 1. The molecule has 0 saturated carbocycles. The number of aryl methyl sites for hydroxylation is 2. The number of carbonyl (C=O) groups excluding carboxylic acids is 2. The van der Waals surface area contributed by atoms with E-state index in [4.69, 9.17) is 23.0 Å². The number of carbonyl (C=O) groups is 2. The number of hydrogen-bond acceptors (Lipinski definition) is 16. The summed E-state index contributed by atoms with van der Waals surface area (Å²) in [6, 6.07) is 15.1. The quantitative estimate of drug-likeness (QED) is 0.0515. The first-order valence-electron chi connectivity index (χ1n) is 17.4. The molecular formula is C36H41N7O12. The van der Waals surface area contributed by atoms with Gasteiger partial charge in [-0.25, -0.2) is 19.4 Å². The smallest absolute Gasteiger partial charge is 0.453 e. The van der Waals surface area contributed by atoms with Crippen LogP contribution >= 0.6 is 0 Å². The van der Waals surface area contributed by atoms with Crippen molar-refractivity contribution in [2.45, 2.75) is 85.3 Å². The molecule has 1 unspecified atom stereocenters. The first-order chi connectivity index (χ1) is 26.2. The monoisotopic (exact) mass is 763 g/mol. The standard InChI is InChI=1S/C36H41N7O12/c1-6-11-29-37-31(36(4,5)47)30(33(44)51-21-28-22(2)53-35(46)55-28)41(29)20-24-14-16-25(17-15-24)26-12-7-8-13-27(26)32-38-40-42(39-32)23(3)54-34(45)50-18-9-10-19-52-43(48)49/h7-8,12-17,23,47H,6,9-11,18-21H2,1-5H3. The van der Waals surface area contributed by atoms with Crippen molar-refractivity contribution in [2.24, 2.45) is 0 Å². The molecule has 0 saturated heterocycles. The molecular weight excluding hydrogens is 722 g/mol. The number of aromatic nitrogens is 6. The normalized spacial score (nSPS) is 12.0. The van der Waals surface area contributed by atoms with Gasteiger partial charge in [0.15, 0.2) is 23.8 Å². The number of nitrogens with zero attached hydrogens (tertiary/aromatic N) is 7. The molecule has 1 atom stereocenters. The minimum Gasteiger partial charge on any atom is -0.453 e. The number of esters is 1. The lowest BCUT2D eigenvalue weighted by Gasteiger charge is -2.17. The minimum absolute atomic E-state index is 0.0129. The third-order valence-electron chi connectivity index (χ3n) is 8.21. The Morgan fingerprint density at radius 2 is 1.75 bits per heavy atom. The molecule has 55 heavy (non-hydrogen) atoms. The Hall–Kier alpha value is -6.37. The molecule has 0 aliphatic carbocycles. The summed E-state index contributed by atoms with van der Waals surface area (Å²) in [5, 5.41) is 33.0. The van der Waals surface area contributed by atoms with E-state index >= 15 is 0 Å². The lowest BCUT2D eigenvalue weighted by atomic mass is 9.98. The predicted molar refractivity (Wildman–Crippen MR) is 190 cm³/mol. The Morgan fingerprint density at radius 1 is 1.04 bits per heavy atom. The molecule has 0 radical (unpaired) electrons. The second kappa shape index (κ2) is 17.6. The highest BCUT2D eigenvalue weighted by Gasteiger charge is 2.33. The van der Waals surface area contributed by atoms with Crippen molar-refractivity contribution in [3.05, 3.63) is 104 Å². The van der Waals surface area contributed by atoms with Crippen LogP contribution in [0.4, 0.5) is 4.79 Å². The van der Waals surface area contributed by atoms with E-state index in [0.717, 1.165) is 27.9 Å². The Balaban J connectivity index is 1.31. The maximum atomic E-state index is 13.6. The van der Waals surface area contributed by atoms with Crippen LogP contribution in [0, 0.1) is 17.0 Å². The number of aliphatic hydroxyl groups is 1. The van der Waals surface area contributed by atoms with Crippen molar-refractivity contribution in [3.8, 4) is 22.5 Å². The van der Waals surface area contributed by atoms with Crippen molar-refractivity contribution in [3.63, 3.8) is 0 Å². The summed E-state index contributed by atoms with van der Waals surface area (Å²) in [6.45, 7) is 7.90. The molecule has 0 bridgehead atoms. The summed E-state index contributed by atoms with van der Waals surface area (Å²) in [7, 11) is 0. The van der Waals surface area contributed by atoms with Crippen LogP contribution in [-0.4, -0.2) is 65.3 Å². The van der Waals surface area contributed by atoms with Gasteiger partial charge in [-0.1, -0.05) is 55.5 Å². The zero-order valence-electron chi connectivity index (χ0n) is 30.9. The van der Waals surface area contributed by atoms with E-state index in [2.05, 4.69) is 25.2 Å². The van der Waals surface area contributed by atoms with E-state index in [9.17, 15) is 29.6 Å². The van der Waals surface area contributed by atoms with Gasteiger partial charge in [-0.2, -0.15) is 0 Å². The lowest BCUT2D eigenvalue weighted by Crippen LogP contribution is -2.23. The Morgan fingerprint density at radius 3 is 2.40 bits per heavy atom. The largest absolute Gasteiger partial charge is 0.519 e. The van der Waals surface area contributed by atoms with Gasteiger partial charge in [-0.3, -0.25) is 0 Å². The van der Waals surface area contributed by atoms with Crippen LogP contribution in [0.15, 0.2) is 62.2 Å². The van der Waals surface area contributed by atoms with Crippen molar-refractivity contribution in [1.29, 1.82) is 0 Å². The summed E-state index contributed by atoms with van der Waals surface area (Å²) in [5.41, 5.74) is 1.89. The Kier molecular flexibility index (Phi) is 12.8. The van der Waals surface area contributed by atoms with Crippen LogP contribution in [0.5, 0.6) is 0 Å². The van der Waals surface area contributed by atoms with E-state index in [1.807, 2.05) is 55.5 Å². The SMILES string of the molecule is CCCc1nc(C(C)(C)O)c(C(=O)OCc2oc(=O)oc2C)n1Cc1ccc(-c2ccccc2-c2nnn(C(C)OC(=O)OCCCCO[N+](=O)[O-])n2)cc1. The number of benzene rings is 2. The molecule has 3 aromatic heterocycles. The number of tetrazole rings is 1. The van der Waals surface area contributed by atoms with Gasteiger partial charge in [-0.15, -0.1) is 25.1 Å². The molecule has 19 nitrogen and oxygen atoms in total. The van der Waals surface area contributed by atoms with Crippen molar-refractivity contribution in [2.75, 3.05) is 13.2 Å². The minimum atomic E-state index is -1.48. The van der Waals surface area contributed by atoms with Gasteiger partial charge >= 0.3 is 17.9 Å². The number of hydrogen-bond donors (Lipinski definition) is 1. The van der Waals surface area contributed by atoms with E-state index < -0.39 is 34.9 Å². The second-order valence-corrected chi connectivity index (χ2v) is 12.9. The van der Waals surface area contributed by atoms with E-state index in [1.54, 1.807) is 25.3 Å². The fourth-order valence-electron chi connectivity index (χ4n) is 5.53.